The van der Waals surface area contributed by atoms with Crippen LogP contribution < -0.4 is 19.7 Å². The van der Waals surface area contributed by atoms with Gasteiger partial charge in [-0.2, -0.15) is 5.10 Å². The molecule has 2 aromatic heterocycles. The van der Waals surface area contributed by atoms with Crippen LogP contribution in [0.2, 0.25) is 0 Å². The van der Waals surface area contributed by atoms with E-state index in [9.17, 15) is 9.18 Å². The number of carbonyl (C=O) groups excluding carboxylic acids is 1. The third kappa shape index (κ3) is 2.70. The van der Waals surface area contributed by atoms with Crippen molar-refractivity contribution in [2.24, 2.45) is 0 Å². The minimum Gasteiger partial charge on any atom is -0.491 e. The van der Waals surface area contributed by atoms with Crippen molar-refractivity contribution in [2.75, 3.05) is 24.7 Å². The Morgan fingerprint density at radius 1 is 1.29 bits per heavy atom. The lowest BCUT2D eigenvalue weighted by molar-refractivity contribution is 0.0948. The van der Waals surface area contributed by atoms with Gasteiger partial charge in [0.1, 0.15) is 30.3 Å². The molecule has 0 fully saturated rings. The molecule has 0 aliphatic carbocycles. The highest BCUT2D eigenvalue weighted by Gasteiger charge is 2.29. The molecule has 1 atom stereocenters. The first-order valence-corrected chi connectivity index (χ1v) is 9.07. The van der Waals surface area contributed by atoms with E-state index in [2.05, 4.69) is 15.4 Å². The van der Waals surface area contributed by atoms with Crippen LogP contribution in [0.3, 0.4) is 0 Å². The van der Waals surface area contributed by atoms with Gasteiger partial charge in [-0.15, -0.1) is 0 Å². The molecule has 2 aliphatic heterocycles. The summed E-state index contributed by atoms with van der Waals surface area (Å²) in [7, 11) is 0. The SMILES string of the molecule is C[C@H]1COc2cn3ncc4c3nc2N1Cc1cc(F)ccc1OCCNC4=O. The van der Waals surface area contributed by atoms with Crippen molar-refractivity contribution >= 4 is 17.4 Å². The summed E-state index contributed by atoms with van der Waals surface area (Å²) in [6.07, 6.45) is 3.21. The lowest BCUT2D eigenvalue weighted by atomic mass is 10.1. The Hall–Kier alpha value is -3.36. The van der Waals surface area contributed by atoms with Crippen molar-refractivity contribution in [2.45, 2.75) is 19.5 Å². The number of rotatable bonds is 0. The number of hydrogen-bond donors (Lipinski definition) is 1. The summed E-state index contributed by atoms with van der Waals surface area (Å²) in [5.41, 5.74) is 1.53. The maximum absolute atomic E-state index is 13.9. The van der Waals surface area contributed by atoms with Crippen LogP contribution in [0.5, 0.6) is 11.5 Å². The molecule has 0 radical (unpaired) electrons. The average Bonchev–Trinajstić information content (AvgIpc) is 3.09. The first-order chi connectivity index (χ1) is 13.6. The van der Waals surface area contributed by atoms with Gasteiger partial charge in [-0.25, -0.2) is 13.9 Å². The molecule has 0 saturated carbocycles. The number of halogens is 1. The molecule has 1 aromatic carbocycles. The van der Waals surface area contributed by atoms with E-state index in [0.29, 0.717) is 53.8 Å². The number of carbonyl (C=O) groups is 1. The largest absolute Gasteiger partial charge is 0.491 e. The minimum absolute atomic E-state index is 0.00360. The molecule has 2 aliphatic rings. The molecule has 0 saturated heterocycles. The van der Waals surface area contributed by atoms with Crippen LogP contribution in [-0.2, 0) is 6.54 Å². The summed E-state index contributed by atoms with van der Waals surface area (Å²) in [5.74, 6) is 1.13. The van der Waals surface area contributed by atoms with Crippen molar-refractivity contribution in [3.8, 4) is 11.5 Å². The van der Waals surface area contributed by atoms with Gasteiger partial charge in [0, 0.05) is 12.1 Å². The smallest absolute Gasteiger partial charge is 0.256 e. The second-order valence-corrected chi connectivity index (χ2v) is 6.90. The normalized spacial score (nSPS) is 19.0. The van der Waals surface area contributed by atoms with Crippen molar-refractivity contribution in [3.63, 3.8) is 0 Å². The molecule has 2 bridgehead atoms. The molecule has 1 amide bonds. The third-order valence-electron chi connectivity index (χ3n) is 4.98. The number of amides is 1. The first-order valence-electron chi connectivity index (χ1n) is 9.07. The number of ether oxygens (including phenoxy) is 2. The zero-order valence-electron chi connectivity index (χ0n) is 15.2. The molecular formula is C19H18FN5O3. The van der Waals surface area contributed by atoms with Crippen LogP contribution in [-0.4, -0.2) is 46.3 Å². The summed E-state index contributed by atoms with van der Waals surface area (Å²) < 4.78 is 27.1. The predicted octanol–water partition coefficient (Wildman–Crippen LogP) is 1.78. The Balaban J connectivity index is 1.69. The van der Waals surface area contributed by atoms with Gasteiger partial charge in [0.15, 0.2) is 17.2 Å². The topological polar surface area (TPSA) is 81.0 Å². The van der Waals surface area contributed by atoms with Gasteiger partial charge in [-0.05, 0) is 25.1 Å². The van der Waals surface area contributed by atoms with E-state index in [1.165, 1.54) is 22.8 Å². The Kier molecular flexibility index (Phi) is 3.81. The van der Waals surface area contributed by atoms with Gasteiger partial charge in [0.05, 0.1) is 25.0 Å². The van der Waals surface area contributed by atoms with Crippen molar-refractivity contribution in [1.82, 2.24) is 19.9 Å². The molecular weight excluding hydrogens is 365 g/mol. The van der Waals surface area contributed by atoms with Gasteiger partial charge < -0.3 is 19.7 Å². The monoisotopic (exact) mass is 383 g/mol. The fraction of sp³-hybridized carbons (Fsp3) is 0.316. The average molecular weight is 383 g/mol. The zero-order chi connectivity index (χ0) is 19.3. The maximum atomic E-state index is 13.9. The molecule has 9 heteroatoms. The van der Waals surface area contributed by atoms with E-state index < -0.39 is 0 Å². The minimum atomic E-state index is -0.331. The molecule has 8 nitrogen and oxygen atoms in total. The Morgan fingerprint density at radius 3 is 3.07 bits per heavy atom. The number of aromatic nitrogens is 3. The quantitative estimate of drug-likeness (QED) is 0.637. The van der Waals surface area contributed by atoms with Gasteiger partial charge in [-0.3, -0.25) is 4.79 Å². The molecule has 1 N–H and O–H groups in total. The molecule has 5 rings (SSSR count). The van der Waals surface area contributed by atoms with Crippen LogP contribution in [0.1, 0.15) is 22.8 Å². The first kappa shape index (κ1) is 16.8. The molecule has 4 heterocycles. The second-order valence-electron chi connectivity index (χ2n) is 6.90. The lowest BCUT2D eigenvalue weighted by Crippen LogP contribution is -2.41. The van der Waals surface area contributed by atoms with E-state index in [1.807, 2.05) is 11.8 Å². The molecule has 0 unspecified atom stereocenters. The van der Waals surface area contributed by atoms with Crippen molar-refractivity contribution in [3.05, 3.63) is 47.5 Å². The third-order valence-corrected chi connectivity index (χ3v) is 4.98. The number of nitrogens with one attached hydrogen (secondary N) is 1. The summed E-state index contributed by atoms with van der Waals surface area (Å²) in [6.45, 7) is 3.45. The molecule has 3 aromatic rings. The number of anilines is 1. The second kappa shape index (κ2) is 6.36. The predicted molar refractivity (Wildman–Crippen MR) is 98.4 cm³/mol. The van der Waals surface area contributed by atoms with Crippen LogP contribution in [0.25, 0.3) is 5.65 Å². The number of benzene rings is 1. The van der Waals surface area contributed by atoms with E-state index in [1.54, 1.807) is 12.3 Å². The highest BCUT2D eigenvalue weighted by atomic mass is 19.1. The number of hydrogen-bond acceptors (Lipinski definition) is 6. The summed E-state index contributed by atoms with van der Waals surface area (Å²) in [4.78, 5) is 19.3. The summed E-state index contributed by atoms with van der Waals surface area (Å²) in [6, 6.07) is 4.46. The van der Waals surface area contributed by atoms with Gasteiger partial charge in [0.2, 0.25) is 0 Å². The van der Waals surface area contributed by atoms with E-state index in [-0.39, 0.29) is 24.4 Å². The number of fused-ring (bicyclic) bond motifs is 1. The molecule has 0 spiro atoms. The van der Waals surface area contributed by atoms with E-state index >= 15 is 0 Å². The van der Waals surface area contributed by atoms with Crippen LogP contribution >= 0.6 is 0 Å². The van der Waals surface area contributed by atoms with E-state index in [4.69, 9.17) is 9.47 Å². The van der Waals surface area contributed by atoms with Gasteiger partial charge in [-0.1, -0.05) is 0 Å². The van der Waals surface area contributed by atoms with Crippen LogP contribution in [0.15, 0.2) is 30.6 Å². The standard InChI is InChI=1S/C19H18FN5O3/c1-11-10-28-16-9-25-17-14(7-22-25)19(26)21-4-5-27-15-3-2-13(20)6-12(15)8-24(11)18(16)23-17/h2-3,6-7,9,11H,4-5,8,10H2,1H3,(H,21,26)/t11-/m0/s1. The van der Waals surface area contributed by atoms with Gasteiger partial charge >= 0.3 is 0 Å². The summed E-state index contributed by atoms with van der Waals surface area (Å²) in [5, 5.41) is 7.03. The fourth-order valence-corrected chi connectivity index (χ4v) is 3.51. The number of nitrogens with zero attached hydrogens (tertiary/aromatic N) is 4. The van der Waals surface area contributed by atoms with Crippen LogP contribution in [0, 0.1) is 5.82 Å². The fourth-order valence-electron chi connectivity index (χ4n) is 3.51. The van der Waals surface area contributed by atoms with Crippen LogP contribution in [0.4, 0.5) is 10.2 Å². The Bertz CT molecular complexity index is 1080. The zero-order valence-corrected chi connectivity index (χ0v) is 15.2. The lowest BCUT2D eigenvalue weighted by Gasteiger charge is -2.36. The highest BCUT2D eigenvalue weighted by Crippen LogP contribution is 2.35. The molecule has 144 valence electrons. The summed E-state index contributed by atoms with van der Waals surface area (Å²) >= 11 is 0. The van der Waals surface area contributed by atoms with Gasteiger partial charge in [0.25, 0.3) is 5.91 Å². The highest BCUT2D eigenvalue weighted by molar-refractivity contribution is 5.99. The van der Waals surface area contributed by atoms with Crippen molar-refractivity contribution < 1.29 is 18.7 Å². The maximum Gasteiger partial charge on any atom is 0.256 e. The Morgan fingerprint density at radius 2 is 2.18 bits per heavy atom. The molecule has 28 heavy (non-hydrogen) atoms. The Labute approximate surface area is 159 Å². The van der Waals surface area contributed by atoms with E-state index in [0.717, 1.165) is 0 Å². The van der Waals surface area contributed by atoms with Crippen molar-refractivity contribution in [1.29, 1.82) is 0 Å².